The Morgan fingerprint density at radius 1 is 1.53 bits per heavy atom. The van der Waals surface area contributed by atoms with E-state index in [1.54, 1.807) is 18.4 Å². The highest BCUT2D eigenvalue weighted by molar-refractivity contribution is 7.17. The van der Waals surface area contributed by atoms with Crippen molar-refractivity contribution in [2.45, 2.75) is 0 Å². The van der Waals surface area contributed by atoms with Crippen molar-refractivity contribution in [3.05, 3.63) is 29.1 Å². The van der Waals surface area contributed by atoms with Crippen molar-refractivity contribution in [3.63, 3.8) is 0 Å². The predicted molar refractivity (Wildman–Crippen MR) is 61.8 cm³/mol. The second kappa shape index (κ2) is 4.00. The van der Waals surface area contributed by atoms with Crippen LogP contribution in [-0.4, -0.2) is 19.4 Å². The van der Waals surface area contributed by atoms with Gasteiger partial charge < -0.3 is 10.5 Å². The maximum Gasteiger partial charge on any atom is 0.180 e. The largest absolute Gasteiger partial charge is 0.496 e. The van der Waals surface area contributed by atoms with Crippen LogP contribution in [0.1, 0.15) is 10.4 Å². The van der Waals surface area contributed by atoms with Crippen LogP contribution in [0.2, 0.25) is 0 Å². The third-order valence-electron chi connectivity index (χ3n) is 2.26. The van der Waals surface area contributed by atoms with Gasteiger partial charge in [0.25, 0.3) is 0 Å². The zero-order valence-corrected chi connectivity index (χ0v) is 9.14. The number of ether oxygens (including phenoxy) is 1. The second-order valence-electron chi connectivity index (χ2n) is 3.14. The molecule has 1 aromatic carbocycles. The number of Topliss-reactive ketones (excluding diaryl/α,β-unsaturated/α-hetero) is 1. The number of hydrogen-bond acceptors (Lipinski definition) is 4. The molecule has 0 aliphatic heterocycles. The van der Waals surface area contributed by atoms with Crippen molar-refractivity contribution in [1.29, 1.82) is 0 Å². The Bertz CT molecular complexity index is 504. The van der Waals surface area contributed by atoms with Crippen molar-refractivity contribution < 1.29 is 9.53 Å². The fourth-order valence-corrected chi connectivity index (χ4v) is 2.30. The van der Waals surface area contributed by atoms with E-state index >= 15 is 0 Å². The molecule has 0 unspecified atom stereocenters. The van der Waals surface area contributed by atoms with Gasteiger partial charge in [-0.3, -0.25) is 4.79 Å². The number of rotatable bonds is 3. The molecule has 0 aliphatic rings. The van der Waals surface area contributed by atoms with E-state index in [2.05, 4.69) is 0 Å². The van der Waals surface area contributed by atoms with Crippen LogP contribution in [0.25, 0.3) is 10.1 Å². The Kier molecular flexibility index (Phi) is 2.70. The Morgan fingerprint density at radius 3 is 3.00 bits per heavy atom. The van der Waals surface area contributed by atoms with E-state index < -0.39 is 0 Å². The van der Waals surface area contributed by atoms with E-state index in [1.807, 2.05) is 23.6 Å². The molecule has 0 aliphatic carbocycles. The summed E-state index contributed by atoms with van der Waals surface area (Å²) in [5.41, 5.74) is 5.91. The number of methoxy groups -OCH3 is 1. The Labute approximate surface area is 91.5 Å². The Hall–Kier alpha value is -1.39. The first-order valence-electron chi connectivity index (χ1n) is 4.54. The average Bonchev–Trinajstić information content (AvgIpc) is 2.73. The van der Waals surface area contributed by atoms with Crippen LogP contribution in [0.15, 0.2) is 23.6 Å². The quantitative estimate of drug-likeness (QED) is 0.807. The van der Waals surface area contributed by atoms with Gasteiger partial charge in [0.05, 0.1) is 19.2 Å². The van der Waals surface area contributed by atoms with Crippen molar-refractivity contribution in [2.24, 2.45) is 5.73 Å². The number of nitrogens with two attached hydrogens (primary N) is 1. The number of benzene rings is 1. The zero-order valence-electron chi connectivity index (χ0n) is 8.32. The molecule has 2 rings (SSSR count). The molecule has 0 fully saturated rings. The topological polar surface area (TPSA) is 52.3 Å². The van der Waals surface area contributed by atoms with Gasteiger partial charge in [-0.2, -0.15) is 0 Å². The molecule has 3 nitrogen and oxygen atoms in total. The molecule has 0 amide bonds. The lowest BCUT2D eigenvalue weighted by Crippen LogP contribution is -2.14. The number of thiophene rings is 1. The van der Waals surface area contributed by atoms with Gasteiger partial charge in [-0.15, -0.1) is 11.3 Å². The molecule has 0 saturated carbocycles. The molecule has 0 spiro atoms. The molecule has 15 heavy (non-hydrogen) atoms. The minimum Gasteiger partial charge on any atom is -0.496 e. The van der Waals surface area contributed by atoms with Gasteiger partial charge in [0.15, 0.2) is 5.78 Å². The summed E-state index contributed by atoms with van der Waals surface area (Å²) in [4.78, 5) is 11.6. The van der Waals surface area contributed by atoms with Gasteiger partial charge >= 0.3 is 0 Å². The smallest absolute Gasteiger partial charge is 0.180 e. The fourth-order valence-electron chi connectivity index (χ4n) is 1.49. The van der Waals surface area contributed by atoms with Crippen LogP contribution in [0.4, 0.5) is 0 Å². The molecule has 4 heteroatoms. The molecule has 0 radical (unpaired) electrons. The highest BCUT2D eigenvalue weighted by Gasteiger charge is 2.12. The van der Waals surface area contributed by atoms with Crippen LogP contribution < -0.4 is 10.5 Å². The number of fused-ring (bicyclic) bond motifs is 1. The first-order chi connectivity index (χ1) is 7.26. The minimum absolute atomic E-state index is 0.00718. The molecule has 78 valence electrons. The first kappa shape index (κ1) is 10.1. The van der Waals surface area contributed by atoms with Crippen molar-refractivity contribution in [3.8, 4) is 5.75 Å². The maximum absolute atomic E-state index is 11.6. The third kappa shape index (κ3) is 1.73. The van der Waals surface area contributed by atoms with Gasteiger partial charge in [-0.1, -0.05) is 0 Å². The molecule has 0 atom stereocenters. The van der Waals surface area contributed by atoms with E-state index in [0.29, 0.717) is 11.3 Å². The van der Waals surface area contributed by atoms with Gasteiger partial charge in [0.2, 0.25) is 0 Å². The lowest BCUT2D eigenvalue weighted by atomic mass is 10.1. The molecule has 0 saturated heterocycles. The van der Waals surface area contributed by atoms with Crippen molar-refractivity contribution in [1.82, 2.24) is 0 Å². The SMILES string of the molecule is COc1cc2ccsc2cc1C(=O)CN. The van der Waals surface area contributed by atoms with Crippen LogP contribution >= 0.6 is 11.3 Å². The molecule has 1 heterocycles. The van der Waals surface area contributed by atoms with E-state index in [9.17, 15) is 4.79 Å². The summed E-state index contributed by atoms with van der Waals surface area (Å²) in [6.45, 7) is 0.00718. The van der Waals surface area contributed by atoms with Gasteiger partial charge in [-0.25, -0.2) is 0 Å². The van der Waals surface area contributed by atoms with Crippen LogP contribution in [0.5, 0.6) is 5.75 Å². The number of hydrogen-bond donors (Lipinski definition) is 1. The average molecular weight is 221 g/mol. The van der Waals surface area contributed by atoms with E-state index in [4.69, 9.17) is 10.5 Å². The van der Waals surface area contributed by atoms with Crippen LogP contribution in [0.3, 0.4) is 0 Å². The van der Waals surface area contributed by atoms with Gasteiger partial charge in [0, 0.05) is 4.70 Å². The lowest BCUT2D eigenvalue weighted by molar-refractivity contribution is 0.0998. The van der Waals surface area contributed by atoms with Crippen LogP contribution in [-0.2, 0) is 0 Å². The number of ketones is 1. The summed E-state index contributed by atoms with van der Waals surface area (Å²) in [6.07, 6.45) is 0. The van der Waals surface area contributed by atoms with E-state index in [1.165, 1.54) is 0 Å². The van der Waals surface area contributed by atoms with Crippen molar-refractivity contribution in [2.75, 3.05) is 13.7 Å². The Balaban J connectivity index is 2.64. The molecule has 1 aromatic heterocycles. The summed E-state index contributed by atoms with van der Waals surface area (Å²) in [5, 5.41) is 3.08. The second-order valence-corrected chi connectivity index (χ2v) is 4.09. The first-order valence-corrected chi connectivity index (χ1v) is 5.42. The third-order valence-corrected chi connectivity index (χ3v) is 3.14. The summed E-state index contributed by atoms with van der Waals surface area (Å²) >= 11 is 1.60. The maximum atomic E-state index is 11.6. The summed E-state index contributed by atoms with van der Waals surface area (Å²) < 4.78 is 6.25. The highest BCUT2D eigenvalue weighted by atomic mass is 32.1. The zero-order chi connectivity index (χ0) is 10.8. The minimum atomic E-state index is -0.0952. The number of carbonyl (C=O) groups is 1. The predicted octanol–water partition coefficient (Wildman–Crippen LogP) is 2.05. The number of carbonyl (C=O) groups excluding carboxylic acids is 1. The summed E-state index contributed by atoms with van der Waals surface area (Å²) in [5.74, 6) is 0.499. The molecular formula is C11H11NO2S. The lowest BCUT2D eigenvalue weighted by Gasteiger charge is -2.06. The molecular weight excluding hydrogens is 210 g/mol. The molecule has 2 N–H and O–H groups in total. The summed E-state index contributed by atoms with van der Waals surface area (Å²) in [6, 6.07) is 5.71. The fraction of sp³-hybridized carbons (Fsp3) is 0.182. The highest BCUT2D eigenvalue weighted by Crippen LogP contribution is 2.29. The Morgan fingerprint density at radius 2 is 2.33 bits per heavy atom. The van der Waals surface area contributed by atoms with Crippen molar-refractivity contribution >= 4 is 27.2 Å². The molecule has 2 aromatic rings. The standard InChI is InChI=1S/C11H11NO2S/c1-14-10-4-7-2-3-15-11(7)5-8(10)9(13)6-12/h2-5H,6,12H2,1H3. The molecule has 0 bridgehead atoms. The van der Waals surface area contributed by atoms with Gasteiger partial charge in [-0.05, 0) is 29.0 Å². The van der Waals surface area contributed by atoms with E-state index in [0.717, 1.165) is 10.1 Å². The van der Waals surface area contributed by atoms with Crippen LogP contribution in [0, 0.1) is 0 Å². The summed E-state index contributed by atoms with van der Waals surface area (Å²) in [7, 11) is 1.56. The van der Waals surface area contributed by atoms with Gasteiger partial charge in [0.1, 0.15) is 5.75 Å². The monoisotopic (exact) mass is 221 g/mol. The van der Waals surface area contributed by atoms with E-state index in [-0.39, 0.29) is 12.3 Å². The normalized spacial score (nSPS) is 10.5.